The summed E-state index contributed by atoms with van der Waals surface area (Å²) in [7, 11) is 0. The van der Waals surface area contributed by atoms with Crippen molar-refractivity contribution in [1.29, 1.82) is 0 Å². The van der Waals surface area contributed by atoms with Crippen molar-refractivity contribution in [3.8, 4) is 0 Å². The fraction of sp³-hybridized carbons (Fsp3) is 0.200. The second-order valence-corrected chi connectivity index (χ2v) is 3.42. The van der Waals surface area contributed by atoms with Crippen molar-refractivity contribution in [2.24, 2.45) is 0 Å². The van der Waals surface area contributed by atoms with Gasteiger partial charge in [-0.1, -0.05) is 18.2 Å². The van der Waals surface area contributed by atoms with Crippen LogP contribution >= 0.6 is 11.6 Å². The number of anilines is 1. The zero-order valence-corrected chi connectivity index (χ0v) is 8.48. The Morgan fingerprint density at radius 1 is 1.40 bits per heavy atom. The van der Waals surface area contributed by atoms with E-state index in [9.17, 15) is 9.59 Å². The van der Waals surface area contributed by atoms with Crippen molar-refractivity contribution < 1.29 is 14.3 Å². The van der Waals surface area contributed by atoms with E-state index in [1.807, 2.05) is 6.07 Å². The minimum atomic E-state index is -0.895. The maximum absolute atomic E-state index is 11.3. The molecule has 0 radical (unpaired) electrons. The van der Waals surface area contributed by atoms with Gasteiger partial charge in [0.15, 0.2) is 6.23 Å². The quantitative estimate of drug-likeness (QED) is 0.572. The van der Waals surface area contributed by atoms with Gasteiger partial charge in [0.05, 0.1) is 6.42 Å². The van der Waals surface area contributed by atoms with Gasteiger partial charge in [0.25, 0.3) is 0 Å². The Bertz CT molecular complexity index is 393. The fourth-order valence-corrected chi connectivity index (χ4v) is 1.59. The van der Waals surface area contributed by atoms with Crippen LogP contribution in [0, 0.1) is 0 Å². The second kappa shape index (κ2) is 3.90. The normalized spacial score (nSPS) is 19.7. The first kappa shape index (κ1) is 9.98. The highest BCUT2D eigenvalue weighted by molar-refractivity contribution is 6.61. The monoisotopic (exact) mass is 225 g/mol. The molecule has 1 unspecified atom stereocenters. The summed E-state index contributed by atoms with van der Waals surface area (Å²) in [6, 6.07) is 9.00. The van der Waals surface area contributed by atoms with Gasteiger partial charge in [-0.2, -0.15) is 0 Å². The lowest BCUT2D eigenvalue weighted by molar-refractivity contribution is -0.129. The van der Waals surface area contributed by atoms with E-state index >= 15 is 0 Å². The summed E-state index contributed by atoms with van der Waals surface area (Å²) in [5.74, 6) is -0.0795. The Labute approximate surface area is 91.4 Å². The zero-order chi connectivity index (χ0) is 10.8. The molecule has 5 heteroatoms. The van der Waals surface area contributed by atoms with Gasteiger partial charge in [-0.3, -0.25) is 9.69 Å². The number of halogens is 1. The van der Waals surface area contributed by atoms with Crippen LogP contribution < -0.4 is 4.90 Å². The number of ether oxygens (including phenoxy) is 1. The van der Waals surface area contributed by atoms with E-state index in [0.717, 1.165) is 0 Å². The number of carbonyl (C=O) groups is 2. The molecule has 15 heavy (non-hydrogen) atoms. The van der Waals surface area contributed by atoms with Crippen LogP contribution in [0.5, 0.6) is 0 Å². The molecule has 0 aromatic heterocycles. The number of hydrogen-bond donors (Lipinski definition) is 0. The van der Waals surface area contributed by atoms with Crippen molar-refractivity contribution in [2.75, 3.05) is 4.90 Å². The third kappa shape index (κ3) is 1.94. The van der Waals surface area contributed by atoms with Crippen molar-refractivity contribution in [2.45, 2.75) is 12.6 Å². The van der Waals surface area contributed by atoms with Gasteiger partial charge >= 0.3 is 5.43 Å². The van der Waals surface area contributed by atoms with Crippen LogP contribution in [0.3, 0.4) is 0 Å². The molecule has 0 aliphatic carbocycles. The molecule has 1 fully saturated rings. The topological polar surface area (TPSA) is 46.6 Å². The van der Waals surface area contributed by atoms with Crippen molar-refractivity contribution >= 4 is 28.6 Å². The lowest BCUT2D eigenvalue weighted by Gasteiger charge is -2.38. The smallest absolute Gasteiger partial charge is 0.405 e. The molecule has 0 saturated carbocycles. The zero-order valence-electron chi connectivity index (χ0n) is 7.72. The van der Waals surface area contributed by atoms with E-state index in [4.69, 9.17) is 16.3 Å². The van der Waals surface area contributed by atoms with Gasteiger partial charge in [-0.05, 0) is 12.1 Å². The standard InChI is InChI=1S/C10H8ClNO3/c11-10(14)15-9-6-8(13)12(9)7-4-2-1-3-5-7/h1-5,9H,6H2. The minimum Gasteiger partial charge on any atom is -0.429 e. The average Bonchev–Trinajstić information content (AvgIpc) is 2.17. The Morgan fingerprint density at radius 2 is 2.07 bits per heavy atom. The average molecular weight is 226 g/mol. The summed E-state index contributed by atoms with van der Waals surface area (Å²) in [6.45, 7) is 0. The first-order valence-corrected chi connectivity index (χ1v) is 4.79. The highest BCUT2D eigenvalue weighted by atomic mass is 35.5. The van der Waals surface area contributed by atoms with Gasteiger partial charge in [-0.15, -0.1) is 0 Å². The molecule has 0 bridgehead atoms. The van der Waals surface area contributed by atoms with Crippen molar-refractivity contribution in [1.82, 2.24) is 0 Å². The number of carbonyl (C=O) groups excluding carboxylic acids is 2. The molecule has 1 aliphatic heterocycles. The van der Waals surface area contributed by atoms with E-state index in [0.29, 0.717) is 5.69 Å². The van der Waals surface area contributed by atoms with Gasteiger partial charge in [-0.25, -0.2) is 4.79 Å². The molecule has 2 rings (SSSR count). The molecule has 0 spiro atoms. The summed E-state index contributed by atoms with van der Waals surface area (Å²) < 4.78 is 4.76. The van der Waals surface area contributed by atoms with Gasteiger partial charge in [0, 0.05) is 17.3 Å². The van der Waals surface area contributed by atoms with Crippen LogP contribution in [-0.2, 0) is 9.53 Å². The number of hydrogen-bond acceptors (Lipinski definition) is 3. The van der Waals surface area contributed by atoms with Crippen LogP contribution in [0.4, 0.5) is 10.5 Å². The van der Waals surface area contributed by atoms with E-state index in [1.165, 1.54) is 4.90 Å². The third-order valence-corrected chi connectivity index (χ3v) is 2.26. The number of amides is 1. The number of rotatable bonds is 2. The molecule has 0 N–H and O–H groups in total. The largest absolute Gasteiger partial charge is 0.429 e. The summed E-state index contributed by atoms with van der Waals surface area (Å²) >= 11 is 5.09. The summed E-state index contributed by atoms with van der Waals surface area (Å²) in [6.07, 6.45) is -0.377. The summed E-state index contributed by atoms with van der Waals surface area (Å²) in [4.78, 5) is 23.3. The third-order valence-electron chi connectivity index (χ3n) is 2.17. The molecule has 1 aromatic carbocycles. The molecule has 1 aromatic rings. The molecule has 78 valence electrons. The fourth-order valence-electron chi connectivity index (χ4n) is 1.49. The highest BCUT2D eigenvalue weighted by Crippen LogP contribution is 2.28. The summed E-state index contributed by atoms with van der Waals surface area (Å²) in [5, 5.41) is 0. The second-order valence-electron chi connectivity index (χ2n) is 3.11. The van der Waals surface area contributed by atoms with E-state index in [2.05, 4.69) is 0 Å². The molecule has 1 atom stereocenters. The van der Waals surface area contributed by atoms with Crippen LogP contribution in [0.1, 0.15) is 6.42 Å². The predicted octanol–water partition coefficient (Wildman–Crippen LogP) is 2.12. The molecular formula is C10H8ClNO3. The van der Waals surface area contributed by atoms with Crippen molar-refractivity contribution in [3.63, 3.8) is 0 Å². The van der Waals surface area contributed by atoms with E-state index < -0.39 is 11.7 Å². The lowest BCUT2D eigenvalue weighted by atomic mass is 10.1. The SMILES string of the molecule is O=C(Cl)OC1CC(=O)N1c1ccccc1. The van der Waals surface area contributed by atoms with Gasteiger partial charge in [0.2, 0.25) is 5.91 Å². The Kier molecular flexibility index (Phi) is 2.60. The maximum atomic E-state index is 11.3. The van der Waals surface area contributed by atoms with E-state index in [-0.39, 0.29) is 12.3 Å². The van der Waals surface area contributed by atoms with Crippen molar-refractivity contribution in [3.05, 3.63) is 30.3 Å². The first-order chi connectivity index (χ1) is 7.18. The Balaban J connectivity index is 2.14. The lowest BCUT2D eigenvalue weighted by Crippen LogP contribution is -2.54. The van der Waals surface area contributed by atoms with Gasteiger partial charge in [0.1, 0.15) is 0 Å². The number of nitrogens with zero attached hydrogens (tertiary/aromatic N) is 1. The van der Waals surface area contributed by atoms with E-state index in [1.54, 1.807) is 24.3 Å². The molecule has 1 amide bonds. The Morgan fingerprint density at radius 3 is 2.60 bits per heavy atom. The highest BCUT2D eigenvalue weighted by Gasteiger charge is 2.39. The molecule has 1 saturated heterocycles. The predicted molar refractivity (Wildman–Crippen MR) is 54.7 cm³/mol. The van der Waals surface area contributed by atoms with Gasteiger partial charge < -0.3 is 4.74 Å². The molecule has 1 heterocycles. The molecule has 4 nitrogen and oxygen atoms in total. The first-order valence-electron chi connectivity index (χ1n) is 4.41. The van der Waals surface area contributed by atoms with Crippen LogP contribution in [0.25, 0.3) is 0 Å². The molecule has 1 aliphatic rings. The van der Waals surface area contributed by atoms with Crippen LogP contribution in [-0.4, -0.2) is 17.6 Å². The number of benzene rings is 1. The number of para-hydroxylation sites is 1. The number of β-lactam (4-membered cyclic amide) rings is 1. The van der Waals surface area contributed by atoms with Crippen LogP contribution in [0.2, 0.25) is 0 Å². The summed E-state index contributed by atoms with van der Waals surface area (Å²) in [5.41, 5.74) is -0.190. The maximum Gasteiger partial charge on any atom is 0.405 e. The van der Waals surface area contributed by atoms with Crippen LogP contribution in [0.15, 0.2) is 30.3 Å². The Hall–Kier alpha value is -1.55. The molecular weight excluding hydrogens is 218 g/mol. The minimum absolute atomic E-state index is 0.0795.